The van der Waals surface area contributed by atoms with Gasteiger partial charge < -0.3 is 0 Å². The van der Waals surface area contributed by atoms with Gasteiger partial charge in [0.05, 0.1) is 12.1 Å². The summed E-state index contributed by atoms with van der Waals surface area (Å²) in [5, 5.41) is 8.84. The van der Waals surface area contributed by atoms with Crippen LogP contribution in [0.5, 0.6) is 0 Å². The molecule has 0 aliphatic heterocycles. The fourth-order valence-electron chi connectivity index (χ4n) is 1.40. The molecular formula is C10H11N3O2. The number of rotatable bonds is 4. The highest BCUT2D eigenvalue weighted by molar-refractivity contribution is 5.93. The van der Waals surface area contributed by atoms with Gasteiger partial charge in [0.1, 0.15) is 0 Å². The predicted molar refractivity (Wildman–Crippen MR) is 56.3 cm³/mol. The minimum atomic E-state index is 0.417. The molecule has 0 unspecified atom stereocenters. The molecule has 5 nitrogen and oxygen atoms in total. The molecule has 0 saturated heterocycles. The summed E-state index contributed by atoms with van der Waals surface area (Å²) in [6.45, 7) is 2.23. The van der Waals surface area contributed by atoms with Gasteiger partial charge in [0, 0.05) is 5.39 Å². The third-order valence-electron chi connectivity index (χ3n) is 2.02. The maximum absolute atomic E-state index is 10.8. The minimum Gasteiger partial charge on any atom is -0.276 e. The summed E-state index contributed by atoms with van der Waals surface area (Å²) in [6.07, 6.45) is 0.603. The number of benzene rings is 1. The standard InChI is InChI=1S/C10H11N3O2/c1-2-15-13(7-14)10-8-5-3-4-6-9(8)11-12-10/h3-7H,2H2,1H3,(H,11,12). The van der Waals surface area contributed by atoms with E-state index in [2.05, 4.69) is 10.2 Å². The highest BCUT2D eigenvalue weighted by Gasteiger charge is 2.12. The summed E-state index contributed by atoms with van der Waals surface area (Å²) in [4.78, 5) is 15.9. The van der Waals surface area contributed by atoms with Crippen molar-refractivity contribution in [2.45, 2.75) is 6.92 Å². The SMILES string of the molecule is CCON(C=O)c1n[nH]c2ccccc12. The normalized spacial score (nSPS) is 10.5. The number of fused-ring (bicyclic) bond motifs is 1. The summed E-state index contributed by atoms with van der Waals surface area (Å²) in [6, 6.07) is 7.55. The molecule has 1 aromatic carbocycles. The Bertz CT molecular complexity index is 466. The van der Waals surface area contributed by atoms with Crippen molar-refractivity contribution in [1.82, 2.24) is 10.2 Å². The van der Waals surface area contributed by atoms with Crippen LogP contribution in [0.3, 0.4) is 0 Å². The molecule has 5 heteroatoms. The molecule has 0 spiro atoms. The van der Waals surface area contributed by atoms with E-state index in [1.807, 2.05) is 31.2 Å². The smallest absolute Gasteiger partial charge is 0.239 e. The average Bonchev–Trinajstić information content (AvgIpc) is 2.70. The van der Waals surface area contributed by atoms with Crippen molar-refractivity contribution in [3.8, 4) is 0 Å². The first-order chi connectivity index (χ1) is 7.36. The second-order valence-electron chi connectivity index (χ2n) is 2.94. The van der Waals surface area contributed by atoms with E-state index in [0.29, 0.717) is 18.8 Å². The summed E-state index contributed by atoms with van der Waals surface area (Å²) in [5.74, 6) is 0.488. The van der Waals surface area contributed by atoms with Crippen LogP contribution in [-0.2, 0) is 9.63 Å². The van der Waals surface area contributed by atoms with Crippen LogP contribution in [0.25, 0.3) is 10.9 Å². The Morgan fingerprint density at radius 1 is 1.53 bits per heavy atom. The second-order valence-corrected chi connectivity index (χ2v) is 2.94. The number of hydroxylamine groups is 1. The fourth-order valence-corrected chi connectivity index (χ4v) is 1.40. The topological polar surface area (TPSA) is 58.2 Å². The number of aromatic amines is 1. The van der Waals surface area contributed by atoms with Gasteiger partial charge >= 0.3 is 0 Å². The largest absolute Gasteiger partial charge is 0.276 e. The first kappa shape index (κ1) is 9.67. The molecule has 0 atom stereocenters. The number of para-hydroxylation sites is 1. The minimum absolute atomic E-state index is 0.417. The zero-order valence-corrected chi connectivity index (χ0v) is 8.30. The first-order valence-electron chi connectivity index (χ1n) is 4.67. The van der Waals surface area contributed by atoms with Crippen LogP contribution in [0.15, 0.2) is 24.3 Å². The molecule has 2 aromatic rings. The molecule has 0 bridgehead atoms. The van der Waals surface area contributed by atoms with Crippen LogP contribution in [0.1, 0.15) is 6.92 Å². The van der Waals surface area contributed by atoms with E-state index in [1.54, 1.807) is 0 Å². The van der Waals surface area contributed by atoms with Gasteiger partial charge in [-0.15, -0.1) is 0 Å². The van der Waals surface area contributed by atoms with Crippen LogP contribution in [0.2, 0.25) is 0 Å². The van der Waals surface area contributed by atoms with E-state index < -0.39 is 0 Å². The van der Waals surface area contributed by atoms with Gasteiger partial charge in [0.25, 0.3) is 0 Å². The predicted octanol–water partition coefficient (Wildman–Crippen LogP) is 1.48. The summed E-state index contributed by atoms with van der Waals surface area (Å²) < 4.78 is 0. The zero-order chi connectivity index (χ0) is 10.7. The third kappa shape index (κ3) is 1.69. The molecule has 0 fully saturated rings. The second kappa shape index (κ2) is 4.10. The molecule has 1 heterocycles. The van der Waals surface area contributed by atoms with Gasteiger partial charge in [-0.3, -0.25) is 14.7 Å². The van der Waals surface area contributed by atoms with E-state index >= 15 is 0 Å². The number of anilines is 1. The monoisotopic (exact) mass is 205 g/mol. The molecule has 78 valence electrons. The van der Waals surface area contributed by atoms with Crippen molar-refractivity contribution in [2.24, 2.45) is 0 Å². The number of H-pyrrole nitrogens is 1. The van der Waals surface area contributed by atoms with Gasteiger partial charge in [0.15, 0.2) is 5.82 Å². The van der Waals surface area contributed by atoms with Crippen LogP contribution >= 0.6 is 0 Å². The summed E-state index contributed by atoms with van der Waals surface area (Å²) in [7, 11) is 0. The van der Waals surface area contributed by atoms with Crippen LogP contribution in [0, 0.1) is 0 Å². The lowest BCUT2D eigenvalue weighted by molar-refractivity contribution is -0.113. The van der Waals surface area contributed by atoms with Crippen LogP contribution in [0.4, 0.5) is 5.82 Å². The van der Waals surface area contributed by atoms with Crippen LogP contribution in [-0.4, -0.2) is 23.2 Å². The van der Waals surface area contributed by atoms with E-state index in [1.165, 1.54) is 0 Å². The highest BCUT2D eigenvalue weighted by atomic mass is 16.7. The quantitative estimate of drug-likeness (QED) is 0.607. The number of hydrogen-bond donors (Lipinski definition) is 1. The Balaban J connectivity index is 2.46. The van der Waals surface area contributed by atoms with Crippen molar-refractivity contribution in [1.29, 1.82) is 0 Å². The molecule has 0 aliphatic rings. The number of hydrogen-bond acceptors (Lipinski definition) is 3. The lowest BCUT2D eigenvalue weighted by Gasteiger charge is -2.12. The summed E-state index contributed by atoms with van der Waals surface area (Å²) >= 11 is 0. The lowest BCUT2D eigenvalue weighted by atomic mass is 10.2. The third-order valence-corrected chi connectivity index (χ3v) is 2.02. The molecule has 0 radical (unpaired) electrons. The molecule has 1 N–H and O–H groups in total. The zero-order valence-electron chi connectivity index (χ0n) is 8.30. The molecular weight excluding hydrogens is 194 g/mol. The van der Waals surface area contributed by atoms with Crippen molar-refractivity contribution in [3.05, 3.63) is 24.3 Å². The maximum atomic E-state index is 10.8. The number of carbonyl (C=O) groups is 1. The van der Waals surface area contributed by atoms with Gasteiger partial charge in [-0.1, -0.05) is 12.1 Å². The lowest BCUT2D eigenvalue weighted by Crippen LogP contribution is -2.21. The molecule has 0 aliphatic carbocycles. The number of nitrogens with zero attached hydrogens (tertiary/aromatic N) is 2. The van der Waals surface area contributed by atoms with Gasteiger partial charge in [-0.05, 0) is 19.1 Å². The highest BCUT2D eigenvalue weighted by Crippen LogP contribution is 2.22. The van der Waals surface area contributed by atoms with E-state index in [4.69, 9.17) is 4.84 Å². The molecule has 0 saturated carbocycles. The molecule has 1 amide bonds. The number of nitrogens with one attached hydrogen (secondary N) is 1. The number of amides is 1. The Hall–Kier alpha value is -1.88. The van der Waals surface area contributed by atoms with Crippen molar-refractivity contribution < 1.29 is 9.63 Å². The average molecular weight is 205 g/mol. The Labute approximate surface area is 86.6 Å². The first-order valence-corrected chi connectivity index (χ1v) is 4.67. The molecule has 1 aromatic heterocycles. The van der Waals surface area contributed by atoms with Gasteiger partial charge in [0.2, 0.25) is 6.41 Å². The van der Waals surface area contributed by atoms with Crippen LogP contribution < -0.4 is 5.06 Å². The van der Waals surface area contributed by atoms with Gasteiger partial charge in [-0.2, -0.15) is 10.2 Å². The van der Waals surface area contributed by atoms with Crippen molar-refractivity contribution in [3.63, 3.8) is 0 Å². The van der Waals surface area contributed by atoms with Crippen molar-refractivity contribution >= 4 is 23.1 Å². The fraction of sp³-hybridized carbons (Fsp3) is 0.200. The Morgan fingerprint density at radius 2 is 2.33 bits per heavy atom. The van der Waals surface area contributed by atoms with Crippen molar-refractivity contribution in [2.75, 3.05) is 11.7 Å². The van der Waals surface area contributed by atoms with E-state index in [-0.39, 0.29) is 0 Å². The van der Waals surface area contributed by atoms with E-state index in [9.17, 15) is 4.79 Å². The Kier molecular flexibility index (Phi) is 2.64. The molecule has 15 heavy (non-hydrogen) atoms. The Morgan fingerprint density at radius 3 is 3.07 bits per heavy atom. The van der Waals surface area contributed by atoms with E-state index in [0.717, 1.165) is 16.0 Å². The maximum Gasteiger partial charge on any atom is 0.239 e. The molecule has 2 rings (SSSR count). The number of carbonyl (C=O) groups excluding carboxylic acids is 1. The number of aromatic nitrogens is 2. The summed E-state index contributed by atoms with van der Waals surface area (Å²) in [5.41, 5.74) is 0.874. The van der Waals surface area contributed by atoms with Gasteiger partial charge in [-0.25, -0.2) is 0 Å².